The molecule has 0 aliphatic rings. The van der Waals surface area contributed by atoms with Crippen LogP contribution in [0.4, 0.5) is 17.1 Å². The second-order valence-electron chi connectivity index (χ2n) is 19.3. The average Bonchev–Trinajstić information content (AvgIpc) is 3.82. The lowest BCUT2D eigenvalue weighted by atomic mass is 9.95. The zero-order valence-electron chi connectivity index (χ0n) is 40.6. The molecule has 14 rings (SSSR count). The Hall–Kier alpha value is -9.76. The van der Waals surface area contributed by atoms with E-state index in [9.17, 15) is 0 Å². The Kier molecular flexibility index (Phi) is 10.6. The van der Waals surface area contributed by atoms with Crippen LogP contribution in [0.25, 0.3) is 115 Å². The van der Waals surface area contributed by atoms with E-state index in [1.807, 2.05) is 0 Å². The first-order valence-electron chi connectivity index (χ1n) is 25.5. The number of nitrogens with zero attached hydrogens (tertiary/aromatic N) is 2. The van der Waals surface area contributed by atoms with E-state index in [2.05, 4.69) is 301 Å². The van der Waals surface area contributed by atoms with Gasteiger partial charge in [-0.1, -0.05) is 224 Å². The Labute approximate surface area is 430 Å². The molecule has 74 heavy (non-hydrogen) atoms. The molecule has 0 unspecified atom stereocenters. The van der Waals surface area contributed by atoms with E-state index in [0.717, 1.165) is 33.9 Å². The predicted molar refractivity (Wildman–Crippen MR) is 315 cm³/mol. The molecule has 0 N–H and O–H groups in total. The lowest BCUT2D eigenvalue weighted by molar-refractivity contribution is 1.19. The lowest BCUT2D eigenvalue weighted by Gasteiger charge is -2.26. The monoisotopic (exact) mass is 940 g/mol. The van der Waals surface area contributed by atoms with Crippen molar-refractivity contribution in [3.8, 4) is 61.3 Å². The summed E-state index contributed by atoms with van der Waals surface area (Å²) < 4.78 is 2.44. The molecule has 2 heteroatoms. The van der Waals surface area contributed by atoms with Crippen LogP contribution < -0.4 is 4.90 Å². The minimum absolute atomic E-state index is 1.08. The van der Waals surface area contributed by atoms with Crippen LogP contribution in [-0.4, -0.2) is 4.57 Å². The van der Waals surface area contributed by atoms with Crippen LogP contribution in [0.2, 0.25) is 0 Å². The smallest absolute Gasteiger partial charge is 0.0547 e. The van der Waals surface area contributed by atoms with Crippen molar-refractivity contribution in [1.82, 2.24) is 4.57 Å². The van der Waals surface area contributed by atoms with Gasteiger partial charge in [-0.3, -0.25) is 0 Å². The van der Waals surface area contributed by atoms with Gasteiger partial charge in [-0.25, -0.2) is 0 Å². The van der Waals surface area contributed by atoms with Gasteiger partial charge >= 0.3 is 0 Å². The van der Waals surface area contributed by atoms with E-state index >= 15 is 0 Å². The first-order chi connectivity index (χ1) is 36.7. The highest BCUT2D eigenvalue weighted by molar-refractivity contribution is 6.16. The Morgan fingerprint density at radius 2 is 0.716 bits per heavy atom. The number of rotatable bonds is 9. The molecule has 13 aromatic carbocycles. The van der Waals surface area contributed by atoms with Crippen molar-refractivity contribution in [1.29, 1.82) is 0 Å². The van der Waals surface area contributed by atoms with E-state index in [-0.39, 0.29) is 0 Å². The zero-order valence-corrected chi connectivity index (χ0v) is 40.6. The van der Waals surface area contributed by atoms with Crippen molar-refractivity contribution in [2.75, 3.05) is 4.90 Å². The van der Waals surface area contributed by atoms with Gasteiger partial charge in [-0.05, 0) is 155 Å². The highest BCUT2D eigenvalue weighted by atomic mass is 15.1. The van der Waals surface area contributed by atoms with Crippen LogP contribution in [0.1, 0.15) is 0 Å². The summed E-state index contributed by atoms with van der Waals surface area (Å²) in [5.74, 6) is 0. The van der Waals surface area contributed by atoms with Gasteiger partial charge in [0.25, 0.3) is 0 Å². The molecule has 0 fully saturated rings. The van der Waals surface area contributed by atoms with E-state index in [4.69, 9.17) is 0 Å². The molecular formula is C72H48N2. The third-order valence-corrected chi connectivity index (χ3v) is 15.0. The van der Waals surface area contributed by atoms with Crippen molar-refractivity contribution >= 4 is 71.2 Å². The average molecular weight is 941 g/mol. The summed E-state index contributed by atoms with van der Waals surface area (Å²) in [6, 6.07) is 106. The van der Waals surface area contributed by atoms with Crippen molar-refractivity contribution in [2.24, 2.45) is 0 Å². The summed E-state index contributed by atoms with van der Waals surface area (Å²) >= 11 is 0. The van der Waals surface area contributed by atoms with Gasteiger partial charge < -0.3 is 9.47 Å². The van der Waals surface area contributed by atoms with Crippen LogP contribution in [0.3, 0.4) is 0 Å². The quantitative estimate of drug-likeness (QED) is 0.131. The van der Waals surface area contributed by atoms with E-state index in [1.165, 1.54) is 98.6 Å². The van der Waals surface area contributed by atoms with Gasteiger partial charge in [0.2, 0.25) is 0 Å². The van der Waals surface area contributed by atoms with Crippen LogP contribution >= 0.6 is 0 Å². The Morgan fingerprint density at radius 3 is 1.47 bits per heavy atom. The van der Waals surface area contributed by atoms with Gasteiger partial charge in [-0.15, -0.1) is 0 Å². The first kappa shape index (κ1) is 43.1. The van der Waals surface area contributed by atoms with Gasteiger partial charge in [0.1, 0.15) is 0 Å². The Morgan fingerprint density at radius 1 is 0.230 bits per heavy atom. The standard InChI is InChI=1S/C72H48N2/c1-2-14-49(15-3-1)51-36-40-60(41-37-51)73(61-42-38-52(39-43-61)50-30-32-55(33-31-50)66-26-12-18-53-16-4-6-23-64(53)66)62-22-11-20-57(47-62)56-19-10-21-58(46-56)68-27-13-29-71-72(68)69-25-8-9-28-70(69)74(71)63-44-45-67-59(48-63)35-34-54-17-5-7-24-65(54)67/h1-48H. The van der Waals surface area contributed by atoms with Crippen LogP contribution in [-0.2, 0) is 0 Å². The molecule has 0 bridgehead atoms. The van der Waals surface area contributed by atoms with Crippen LogP contribution in [0.15, 0.2) is 291 Å². The number of hydrogen-bond acceptors (Lipinski definition) is 1. The van der Waals surface area contributed by atoms with Crippen molar-refractivity contribution in [3.05, 3.63) is 291 Å². The normalized spacial score (nSPS) is 11.5. The second-order valence-corrected chi connectivity index (χ2v) is 19.3. The van der Waals surface area contributed by atoms with Gasteiger partial charge in [0.05, 0.1) is 11.0 Å². The largest absolute Gasteiger partial charge is 0.310 e. The third-order valence-electron chi connectivity index (χ3n) is 15.0. The summed E-state index contributed by atoms with van der Waals surface area (Å²) in [4.78, 5) is 2.38. The molecule has 2 nitrogen and oxygen atoms in total. The van der Waals surface area contributed by atoms with E-state index in [0.29, 0.717) is 0 Å². The summed E-state index contributed by atoms with van der Waals surface area (Å²) in [5, 5.41) is 10.1. The fourth-order valence-corrected chi connectivity index (χ4v) is 11.4. The molecule has 0 saturated heterocycles. The lowest BCUT2D eigenvalue weighted by Crippen LogP contribution is -2.10. The van der Waals surface area contributed by atoms with Gasteiger partial charge in [0, 0.05) is 33.5 Å². The number of hydrogen-bond donors (Lipinski definition) is 0. The summed E-state index contributed by atoms with van der Waals surface area (Å²) in [7, 11) is 0. The first-order valence-corrected chi connectivity index (χ1v) is 25.5. The molecule has 0 spiro atoms. The zero-order chi connectivity index (χ0) is 49.0. The molecule has 1 aromatic heterocycles. The summed E-state index contributed by atoms with van der Waals surface area (Å²) in [6.45, 7) is 0. The van der Waals surface area contributed by atoms with Gasteiger partial charge in [0.15, 0.2) is 0 Å². The molecule has 14 aromatic rings. The van der Waals surface area contributed by atoms with Crippen molar-refractivity contribution < 1.29 is 0 Å². The highest BCUT2D eigenvalue weighted by Crippen LogP contribution is 2.43. The Bertz CT molecular complexity index is 4390. The minimum Gasteiger partial charge on any atom is -0.310 e. The molecule has 0 radical (unpaired) electrons. The molecule has 0 aliphatic carbocycles. The van der Waals surface area contributed by atoms with Gasteiger partial charge in [-0.2, -0.15) is 0 Å². The fourth-order valence-electron chi connectivity index (χ4n) is 11.4. The van der Waals surface area contributed by atoms with E-state index < -0.39 is 0 Å². The van der Waals surface area contributed by atoms with Crippen LogP contribution in [0.5, 0.6) is 0 Å². The number of benzene rings is 13. The number of anilines is 3. The maximum Gasteiger partial charge on any atom is 0.0547 e. The topological polar surface area (TPSA) is 8.17 Å². The third kappa shape index (κ3) is 7.60. The Balaban J connectivity index is 0.828. The van der Waals surface area contributed by atoms with Crippen LogP contribution in [0, 0.1) is 0 Å². The molecule has 0 aliphatic heterocycles. The van der Waals surface area contributed by atoms with Crippen molar-refractivity contribution in [3.63, 3.8) is 0 Å². The number of aromatic nitrogens is 1. The maximum absolute atomic E-state index is 2.44. The molecule has 0 amide bonds. The molecule has 1 heterocycles. The predicted octanol–water partition coefficient (Wildman–Crippen LogP) is 20.0. The highest BCUT2D eigenvalue weighted by Gasteiger charge is 2.19. The SMILES string of the molecule is c1ccc(-c2ccc(N(c3ccc(-c4ccc(-c5cccc6ccccc56)cc4)cc3)c3cccc(-c4cccc(-c5cccc6c5c5ccccc5n6-c5ccc6c(ccc7ccccc76)c5)c4)c3)cc2)cc1. The number of para-hydroxylation sites is 1. The maximum atomic E-state index is 2.44. The number of fused-ring (bicyclic) bond motifs is 7. The minimum atomic E-state index is 1.08. The van der Waals surface area contributed by atoms with E-state index in [1.54, 1.807) is 0 Å². The fraction of sp³-hybridized carbons (Fsp3) is 0. The second kappa shape index (κ2) is 18.1. The summed E-state index contributed by atoms with van der Waals surface area (Å²) in [6.07, 6.45) is 0. The van der Waals surface area contributed by atoms with Crippen molar-refractivity contribution in [2.45, 2.75) is 0 Å². The molecule has 0 saturated carbocycles. The summed E-state index contributed by atoms with van der Waals surface area (Å²) in [5.41, 5.74) is 18.7. The molecule has 346 valence electrons. The molecule has 0 atom stereocenters. The molecular weight excluding hydrogens is 893 g/mol.